The fraction of sp³-hybridized carbons (Fsp3) is 0.538. The summed E-state index contributed by atoms with van der Waals surface area (Å²) in [5.74, 6) is -0.239. The van der Waals surface area contributed by atoms with E-state index in [-0.39, 0.29) is 17.7 Å². The van der Waals surface area contributed by atoms with E-state index >= 15 is 0 Å². The van der Waals surface area contributed by atoms with E-state index in [1.807, 2.05) is 26.0 Å². The van der Waals surface area contributed by atoms with Crippen LogP contribution in [0.5, 0.6) is 0 Å². The predicted molar refractivity (Wildman–Crippen MR) is 81.2 cm³/mol. The number of carbonyl (C=O) groups excluding carboxylic acids is 2. The molecule has 0 unspecified atom stereocenters. The van der Waals surface area contributed by atoms with E-state index in [4.69, 9.17) is 0 Å². The van der Waals surface area contributed by atoms with Gasteiger partial charge in [0.1, 0.15) is 6.04 Å². The third-order valence-corrected chi connectivity index (χ3v) is 4.29. The van der Waals surface area contributed by atoms with Crippen LogP contribution in [0.25, 0.3) is 0 Å². The summed E-state index contributed by atoms with van der Waals surface area (Å²) in [4.78, 5) is 24.3. The van der Waals surface area contributed by atoms with Gasteiger partial charge < -0.3 is 10.6 Å². The molecule has 0 fully saturated rings. The fourth-order valence-electron chi connectivity index (χ4n) is 1.66. The Morgan fingerprint density at radius 3 is 2.53 bits per heavy atom. The quantitative estimate of drug-likeness (QED) is 0.830. The van der Waals surface area contributed by atoms with E-state index in [0.29, 0.717) is 6.54 Å². The summed E-state index contributed by atoms with van der Waals surface area (Å²) in [6.45, 7) is 5.83. The van der Waals surface area contributed by atoms with E-state index in [1.54, 1.807) is 11.3 Å². The Bertz CT molecular complexity index is 446. The van der Waals surface area contributed by atoms with Crippen molar-refractivity contribution in [2.24, 2.45) is 5.92 Å². The van der Waals surface area contributed by atoms with Gasteiger partial charge in [0.15, 0.2) is 0 Å². The second-order valence-electron chi connectivity index (χ2n) is 4.67. The van der Waals surface area contributed by atoms with Crippen molar-refractivity contribution in [3.05, 3.63) is 20.8 Å². The molecule has 0 aliphatic carbocycles. The molecule has 0 aliphatic rings. The molecule has 4 nitrogen and oxygen atoms in total. The molecule has 6 heteroatoms. The number of hydrogen-bond donors (Lipinski definition) is 2. The second kappa shape index (κ2) is 7.65. The first-order valence-electron chi connectivity index (χ1n) is 6.19. The van der Waals surface area contributed by atoms with Gasteiger partial charge in [-0.05, 0) is 40.4 Å². The zero-order valence-electron chi connectivity index (χ0n) is 11.3. The van der Waals surface area contributed by atoms with Crippen molar-refractivity contribution in [1.29, 1.82) is 0 Å². The van der Waals surface area contributed by atoms with Gasteiger partial charge in [0.05, 0.1) is 3.79 Å². The van der Waals surface area contributed by atoms with Gasteiger partial charge in [-0.2, -0.15) is 0 Å². The molecule has 1 aromatic heterocycles. The summed E-state index contributed by atoms with van der Waals surface area (Å²) in [7, 11) is 0. The van der Waals surface area contributed by atoms with Crippen molar-refractivity contribution in [3.63, 3.8) is 0 Å². The van der Waals surface area contributed by atoms with Crippen LogP contribution in [0.15, 0.2) is 15.9 Å². The molecule has 0 saturated carbocycles. The van der Waals surface area contributed by atoms with Gasteiger partial charge in [-0.25, -0.2) is 0 Å². The molecule has 0 spiro atoms. The molecule has 1 aromatic rings. The summed E-state index contributed by atoms with van der Waals surface area (Å²) in [6.07, 6.45) is 0.799. The molecule has 2 amide bonds. The number of rotatable bonds is 6. The van der Waals surface area contributed by atoms with E-state index in [2.05, 4.69) is 26.6 Å². The molecule has 1 atom stereocenters. The van der Waals surface area contributed by atoms with Crippen molar-refractivity contribution < 1.29 is 9.59 Å². The maximum Gasteiger partial charge on any atom is 0.242 e. The standard InChI is InChI=1S/C13H19BrN2O2S/c1-8(2)12(16-9(3)17)13(18)15-7-6-10-4-5-11(14)19-10/h4-5,8,12H,6-7H2,1-3H3,(H,15,18)(H,16,17)/t12-/m1/s1. The summed E-state index contributed by atoms with van der Waals surface area (Å²) in [5.41, 5.74) is 0. The Morgan fingerprint density at radius 1 is 1.37 bits per heavy atom. The minimum Gasteiger partial charge on any atom is -0.354 e. The molecule has 1 heterocycles. The summed E-state index contributed by atoms with van der Waals surface area (Å²) in [5, 5.41) is 5.54. The molecule has 19 heavy (non-hydrogen) atoms. The number of halogens is 1. The highest BCUT2D eigenvalue weighted by atomic mass is 79.9. The Labute approximate surface area is 126 Å². The molecule has 2 N–H and O–H groups in total. The molecule has 0 bridgehead atoms. The van der Waals surface area contributed by atoms with Crippen LogP contribution in [0.4, 0.5) is 0 Å². The lowest BCUT2D eigenvalue weighted by Crippen LogP contribution is -2.49. The first-order valence-corrected chi connectivity index (χ1v) is 7.80. The second-order valence-corrected chi connectivity index (χ2v) is 7.22. The number of nitrogens with one attached hydrogen (secondary N) is 2. The van der Waals surface area contributed by atoms with Crippen molar-refractivity contribution in [2.75, 3.05) is 6.54 Å². The topological polar surface area (TPSA) is 58.2 Å². The smallest absolute Gasteiger partial charge is 0.242 e. The monoisotopic (exact) mass is 346 g/mol. The normalized spacial score (nSPS) is 12.3. The molecule has 106 valence electrons. The minimum atomic E-state index is -0.465. The molecule has 0 saturated heterocycles. The van der Waals surface area contributed by atoms with Gasteiger partial charge in [0, 0.05) is 18.3 Å². The van der Waals surface area contributed by atoms with Crippen LogP contribution >= 0.6 is 27.3 Å². The van der Waals surface area contributed by atoms with E-state index in [0.717, 1.165) is 10.2 Å². The van der Waals surface area contributed by atoms with Gasteiger partial charge >= 0.3 is 0 Å². The Morgan fingerprint density at radius 2 is 2.05 bits per heavy atom. The van der Waals surface area contributed by atoms with Gasteiger partial charge in [0.25, 0.3) is 0 Å². The van der Waals surface area contributed by atoms with Gasteiger partial charge in [-0.3, -0.25) is 9.59 Å². The Balaban J connectivity index is 2.42. The van der Waals surface area contributed by atoms with Crippen LogP contribution in [0, 0.1) is 5.92 Å². The minimum absolute atomic E-state index is 0.0692. The number of hydrogen-bond acceptors (Lipinski definition) is 3. The Kier molecular flexibility index (Phi) is 6.51. The summed E-state index contributed by atoms with van der Waals surface area (Å²) >= 11 is 5.07. The van der Waals surface area contributed by atoms with Crippen LogP contribution in [-0.2, 0) is 16.0 Å². The number of thiophene rings is 1. The zero-order chi connectivity index (χ0) is 14.4. The number of amides is 2. The molecule has 1 rings (SSSR count). The summed E-state index contributed by atoms with van der Waals surface area (Å²) in [6, 6.07) is 3.57. The van der Waals surface area contributed by atoms with Crippen LogP contribution in [0.1, 0.15) is 25.6 Å². The third kappa shape index (κ3) is 5.74. The van der Waals surface area contributed by atoms with Gasteiger partial charge in [0.2, 0.25) is 11.8 Å². The van der Waals surface area contributed by atoms with Crippen LogP contribution in [0.3, 0.4) is 0 Å². The highest BCUT2D eigenvalue weighted by Crippen LogP contribution is 2.22. The molecule has 0 radical (unpaired) electrons. The predicted octanol–water partition coefficient (Wildman–Crippen LogP) is 2.33. The fourth-order valence-corrected chi connectivity index (χ4v) is 3.14. The van der Waals surface area contributed by atoms with Crippen LogP contribution < -0.4 is 10.6 Å². The van der Waals surface area contributed by atoms with Crippen molar-refractivity contribution in [2.45, 2.75) is 33.2 Å². The zero-order valence-corrected chi connectivity index (χ0v) is 13.7. The molecule has 0 aliphatic heterocycles. The molecular formula is C13H19BrN2O2S. The lowest BCUT2D eigenvalue weighted by Gasteiger charge is -2.20. The van der Waals surface area contributed by atoms with Crippen molar-refractivity contribution in [3.8, 4) is 0 Å². The lowest BCUT2D eigenvalue weighted by atomic mass is 10.0. The van der Waals surface area contributed by atoms with E-state index in [1.165, 1.54) is 11.8 Å². The SMILES string of the molecule is CC(=O)N[C@@H](C(=O)NCCc1ccc(Br)s1)C(C)C. The van der Waals surface area contributed by atoms with E-state index < -0.39 is 6.04 Å². The molecule has 0 aromatic carbocycles. The largest absolute Gasteiger partial charge is 0.354 e. The maximum absolute atomic E-state index is 12.0. The first-order chi connectivity index (χ1) is 8.90. The van der Waals surface area contributed by atoms with Crippen LogP contribution in [0.2, 0.25) is 0 Å². The third-order valence-electron chi connectivity index (χ3n) is 2.61. The van der Waals surface area contributed by atoms with Crippen molar-refractivity contribution in [1.82, 2.24) is 10.6 Å². The number of carbonyl (C=O) groups is 2. The lowest BCUT2D eigenvalue weighted by molar-refractivity contribution is -0.129. The average molecular weight is 347 g/mol. The average Bonchev–Trinajstić information content (AvgIpc) is 2.71. The molecular weight excluding hydrogens is 328 g/mol. The highest BCUT2D eigenvalue weighted by Gasteiger charge is 2.22. The maximum atomic E-state index is 12.0. The van der Waals surface area contributed by atoms with Gasteiger partial charge in [-0.1, -0.05) is 13.8 Å². The van der Waals surface area contributed by atoms with Crippen LogP contribution in [-0.4, -0.2) is 24.4 Å². The van der Waals surface area contributed by atoms with Gasteiger partial charge in [-0.15, -0.1) is 11.3 Å². The van der Waals surface area contributed by atoms with E-state index in [9.17, 15) is 9.59 Å². The summed E-state index contributed by atoms with van der Waals surface area (Å²) < 4.78 is 1.09. The Hall–Kier alpha value is -0.880. The first kappa shape index (κ1) is 16.2. The highest BCUT2D eigenvalue weighted by molar-refractivity contribution is 9.11. The van der Waals surface area contributed by atoms with Crippen molar-refractivity contribution >= 4 is 39.1 Å².